The van der Waals surface area contributed by atoms with E-state index in [9.17, 15) is 9.50 Å². The molecule has 1 heterocycles. The van der Waals surface area contributed by atoms with Crippen LogP contribution in [0, 0.1) is 5.82 Å². The fraction of sp³-hybridized carbons (Fsp3) is 0.647. The lowest BCUT2D eigenvalue weighted by atomic mass is 10.00. The second-order valence-corrected chi connectivity index (χ2v) is 5.81. The van der Waals surface area contributed by atoms with Crippen LogP contribution in [-0.4, -0.2) is 41.8 Å². The Labute approximate surface area is 126 Å². The smallest absolute Gasteiger partial charge is 0.128 e. The van der Waals surface area contributed by atoms with Gasteiger partial charge in [-0.05, 0) is 31.9 Å². The normalized spacial score (nSPS) is 21.4. The van der Waals surface area contributed by atoms with Gasteiger partial charge < -0.3 is 9.84 Å². The molecule has 21 heavy (non-hydrogen) atoms. The van der Waals surface area contributed by atoms with Gasteiger partial charge in [0.25, 0.3) is 0 Å². The minimum absolute atomic E-state index is 0.209. The SMILES string of the molecule is CC[C@@H]1CCCCN1C[C@H](O)COCc1ccccc1F. The number of aliphatic hydroxyl groups is 1. The number of β-amino-alcohol motifs (C(OH)–C–C–N with tert-alkyl or cyclic N) is 1. The van der Waals surface area contributed by atoms with E-state index in [1.54, 1.807) is 18.2 Å². The lowest BCUT2D eigenvalue weighted by molar-refractivity contribution is -0.00435. The molecule has 2 rings (SSSR count). The van der Waals surface area contributed by atoms with Gasteiger partial charge in [0.2, 0.25) is 0 Å². The zero-order valence-electron chi connectivity index (χ0n) is 12.8. The summed E-state index contributed by atoms with van der Waals surface area (Å²) in [6, 6.07) is 7.17. The second-order valence-electron chi connectivity index (χ2n) is 5.81. The van der Waals surface area contributed by atoms with Crippen molar-refractivity contribution in [2.45, 2.75) is 51.4 Å². The number of nitrogens with zero attached hydrogens (tertiary/aromatic N) is 1. The van der Waals surface area contributed by atoms with Gasteiger partial charge >= 0.3 is 0 Å². The largest absolute Gasteiger partial charge is 0.389 e. The molecule has 1 fully saturated rings. The molecule has 0 bridgehead atoms. The van der Waals surface area contributed by atoms with Crippen LogP contribution in [0.5, 0.6) is 0 Å². The Bertz CT molecular complexity index is 427. The van der Waals surface area contributed by atoms with E-state index >= 15 is 0 Å². The van der Waals surface area contributed by atoms with E-state index < -0.39 is 6.10 Å². The number of ether oxygens (including phenoxy) is 1. The Morgan fingerprint density at radius 3 is 2.95 bits per heavy atom. The molecule has 1 N–H and O–H groups in total. The van der Waals surface area contributed by atoms with Gasteiger partial charge in [-0.1, -0.05) is 31.5 Å². The summed E-state index contributed by atoms with van der Waals surface area (Å²) in [5.74, 6) is -0.255. The van der Waals surface area contributed by atoms with Gasteiger partial charge in [-0.15, -0.1) is 0 Å². The highest BCUT2D eigenvalue weighted by molar-refractivity contribution is 5.16. The highest BCUT2D eigenvalue weighted by atomic mass is 19.1. The standard InChI is InChI=1S/C17H26FNO2/c1-2-15-8-5-6-10-19(15)11-16(20)13-21-12-14-7-3-4-9-17(14)18/h3-4,7,9,15-16,20H,2,5-6,8,10-13H2,1H3/t15-,16+/m1/s1. The molecule has 2 atom stereocenters. The van der Waals surface area contributed by atoms with Gasteiger partial charge in [-0.3, -0.25) is 4.90 Å². The van der Waals surface area contributed by atoms with Crippen LogP contribution in [0.3, 0.4) is 0 Å². The van der Waals surface area contributed by atoms with Crippen LogP contribution >= 0.6 is 0 Å². The van der Waals surface area contributed by atoms with Crippen LogP contribution in [0.2, 0.25) is 0 Å². The number of benzene rings is 1. The van der Waals surface area contributed by atoms with Crippen molar-refractivity contribution in [3.05, 3.63) is 35.6 Å². The summed E-state index contributed by atoms with van der Waals surface area (Å²) < 4.78 is 18.9. The topological polar surface area (TPSA) is 32.7 Å². The van der Waals surface area contributed by atoms with Gasteiger partial charge in [0, 0.05) is 18.2 Å². The molecule has 0 radical (unpaired) electrons. The number of halogens is 1. The first-order valence-corrected chi connectivity index (χ1v) is 7.94. The Morgan fingerprint density at radius 1 is 1.38 bits per heavy atom. The summed E-state index contributed by atoms with van der Waals surface area (Å²) in [7, 11) is 0. The first-order valence-electron chi connectivity index (χ1n) is 7.94. The predicted molar refractivity (Wildman–Crippen MR) is 81.6 cm³/mol. The molecular weight excluding hydrogens is 269 g/mol. The maximum absolute atomic E-state index is 13.4. The molecular formula is C17H26FNO2. The molecule has 4 heteroatoms. The maximum Gasteiger partial charge on any atom is 0.128 e. The predicted octanol–water partition coefficient (Wildman–Crippen LogP) is 2.97. The van der Waals surface area contributed by atoms with Gasteiger partial charge in [0.1, 0.15) is 5.82 Å². The molecule has 1 aliphatic heterocycles. The number of hydrogen-bond donors (Lipinski definition) is 1. The molecule has 1 aromatic carbocycles. The van der Waals surface area contributed by atoms with E-state index in [1.165, 1.54) is 25.3 Å². The van der Waals surface area contributed by atoms with Crippen LogP contribution in [-0.2, 0) is 11.3 Å². The van der Waals surface area contributed by atoms with Crippen LogP contribution in [0.1, 0.15) is 38.2 Å². The molecule has 0 saturated carbocycles. The average molecular weight is 295 g/mol. The Hall–Kier alpha value is -0.970. The molecule has 0 aromatic heterocycles. The Balaban J connectivity index is 1.72. The fourth-order valence-electron chi connectivity index (χ4n) is 3.01. The summed E-state index contributed by atoms with van der Waals surface area (Å²) in [5.41, 5.74) is 0.536. The van der Waals surface area contributed by atoms with Gasteiger partial charge in [0.15, 0.2) is 0 Å². The molecule has 0 spiro atoms. The average Bonchev–Trinajstić information content (AvgIpc) is 2.50. The van der Waals surface area contributed by atoms with Crippen LogP contribution in [0.15, 0.2) is 24.3 Å². The lowest BCUT2D eigenvalue weighted by Crippen LogP contribution is -2.44. The Morgan fingerprint density at radius 2 is 2.19 bits per heavy atom. The molecule has 1 saturated heterocycles. The van der Waals surface area contributed by atoms with Gasteiger partial charge in [-0.2, -0.15) is 0 Å². The number of piperidine rings is 1. The third-order valence-corrected chi connectivity index (χ3v) is 4.19. The highest BCUT2D eigenvalue weighted by Gasteiger charge is 2.22. The van der Waals surface area contributed by atoms with Crippen LogP contribution < -0.4 is 0 Å². The minimum Gasteiger partial charge on any atom is -0.389 e. The molecule has 1 aromatic rings. The first-order chi connectivity index (χ1) is 10.2. The first kappa shape index (κ1) is 16.4. The van der Waals surface area contributed by atoms with Gasteiger partial charge in [-0.25, -0.2) is 4.39 Å². The van der Waals surface area contributed by atoms with Crippen molar-refractivity contribution < 1.29 is 14.2 Å². The van der Waals surface area contributed by atoms with E-state index in [1.807, 2.05) is 0 Å². The quantitative estimate of drug-likeness (QED) is 0.839. The molecule has 0 amide bonds. The fourth-order valence-corrected chi connectivity index (χ4v) is 3.01. The second kappa shape index (κ2) is 8.47. The number of likely N-dealkylation sites (tertiary alicyclic amines) is 1. The van der Waals surface area contributed by atoms with Crippen LogP contribution in [0.25, 0.3) is 0 Å². The van der Waals surface area contributed by atoms with Crippen molar-refractivity contribution in [1.82, 2.24) is 4.90 Å². The summed E-state index contributed by atoms with van der Waals surface area (Å²) in [5, 5.41) is 10.1. The van der Waals surface area contributed by atoms with Crippen molar-refractivity contribution in [3.8, 4) is 0 Å². The summed E-state index contributed by atoms with van der Waals surface area (Å²) in [6.07, 6.45) is 4.33. The summed E-state index contributed by atoms with van der Waals surface area (Å²) >= 11 is 0. The number of rotatable bonds is 7. The minimum atomic E-state index is -0.510. The zero-order valence-corrected chi connectivity index (χ0v) is 12.8. The molecule has 0 unspecified atom stereocenters. The van der Waals surface area contributed by atoms with E-state index in [-0.39, 0.29) is 19.0 Å². The lowest BCUT2D eigenvalue weighted by Gasteiger charge is -2.36. The summed E-state index contributed by atoms with van der Waals surface area (Å²) in [4.78, 5) is 2.36. The molecule has 0 aliphatic carbocycles. The third kappa shape index (κ3) is 5.06. The molecule has 118 valence electrons. The van der Waals surface area contributed by atoms with Crippen molar-refractivity contribution in [2.75, 3.05) is 19.7 Å². The summed E-state index contributed by atoms with van der Waals surface area (Å²) in [6.45, 7) is 4.37. The molecule has 3 nitrogen and oxygen atoms in total. The monoisotopic (exact) mass is 295 g/mol. The van der Waals surface area contributed by atoms with Gasteiger partial charge in [0.05, 0.1) is 19.3 Å². The van der Waals surface area contributed by atoms with Crippen molar-refractivity contribution in [3.63, 3.8) is 0 Å². The molecule has 1 aliphatic rings. The maximum atomic E-state index is 13.4. The van der Waals surface area contributed by atoms with E-state index in [0.29, 0.717) is 18.2 Å². The zero-order chi connectivity index (χ0) is 15.1. The van der Waals surface area contributed by atoms with E-state index in [2.05, 4.69) is 11.8 Å². The van der Waals surface area contributed by atoms with E-state index in [0.717, 1.165) is 13.0 Å². The van der Waals surface area contributed by atoms with E-state index in [4.69, 9.17) is 4.74 Å². The van der Waals surface area contributed by atoms with Crippen molar-refractivity contribution in [2.24, 2.45) is 0 Å². The number of hydrogen-bond acceptors (Lipinski definition) is 3. The Kier molecular flexibility index (Phi) is 6.61. The number of aliphatic hydroxyl groups excluding tert-OH is 1. The van der Waals surface area contributed by atoms with Crippen molar-refractivity contribution >= 4 is 0 Å². The third-order valence-electron chi connectivity index (χ3n) is 4.19. The van der Waals surface area contributed by atoms with Crippen molar-refractivity contribution in [1.29, 1.82) is 0 Å². The highest BCUT2D eigenvalue weighted by Crippen LogP contribution is 2.19. The van der Waals surface area contributed by atoms with Crippen LogP contribution in [0.4, 0.5) is 4.39 Å².